The zero-order valence-corrected chi connectivity index (χ0v) is 6.36. The van der Waals surface area contributed by atoms with Crippen LogP contribution in [0.5, 0.6) is 0 Å². The first-order chi connectivity index (χ1) is 5.60. The van der Waals surface area contributed by atoms with Gasteiger partial charge in [-0.3, -0.25) is 4.79 Å². The van der Waals surface area contributed by atoms with Crippen LogP contribution < -0.4 is 0 Å². The minimum Gasteiger partial charge on any atom is -0.356 e. The lowest BCUT2D eigenvalue weighted by Gasteiger charge is -2.29. The maximum atomic E-state index is 11.1. The van der Waals surface area contributed by atoms with Gasteiger partial charge in [-0.1, -0.05) is 12.7 Å². The van der Waals surface area contributed by atoms with Gasteiger partial charge in [0.2, 0.25) is 5.78 Å². The van der Waals surface area contributed by atoms with Crippen molar-refractivity contribution in [3.8, 4) is 0 Å². The second-order valence-corrected chi connectivity index (χ2v) is 2.89. The first-order valence-corrected chi connectivity index (χ1v) is 3.60. The van der Waals surface area contributed by atoms with Crippen LogP contribution in [0, 0.1) is 0 Å². The van der Waals surface area contributed by atoms with E-state index in [1.807, 2.05) is 0 Å². The van der Waals surface area contributed by atoms with Gasteiger partial charge in [-0.05, 0) is 24.3 Å². The standard InChI is InChI=1S/C9H8O3/c1-2-8-4-3-7(10)9(11,12-8)6-5-8/h2-6,11H,1H2. The van der Waals surface area contributed by atoms with Gasteiger partial charge in [0.25, 0.3) is 5.79 Å². The van der Waals surface area contributed by atoms with Crippen molar-refractivity contribution in [2.75, 3.05) is 0 Å². The summed E-state index contributed by atoms with van der Waals surface area (Å²) in [4.78, 5) is 11.1. The zero-order chi connectivity index (χ0) is 8.82. The number of fused-ring (bicyclic) bond motifs is 2. The molecule has 0 amide bonds. The fourth-order valence-corrected chi connectivity index (χ4v) is 1.31. The zero-order valence-electron chi connectivity index (χ0n) is 6.36. The van der Waals surface area contributed by atoms with Crippen LogP contribution in [0.1, 0.15) is 0 Å². The Morgan fingerprint density at radius 3 is 2.92 bits per heavy atom. The Morgan fingerprint density at radius 1 is 1.50 bits per heavy atom. The summed E-state index contributed by atoms with van der Waals surface area (Å²) >= 11 is 0. The van der Waals surface area contributed by atoms with E-state index in [0.717, 1.165) is 0 Å². The third kappa shape index (κ3) is 0.748. The molecule has 2 aliphatic rings. The average Bonchev–Trinajstić information content (AvgIpc) is 2.36. The number of ether oxygens (including phenoxy) is 1. The Kier molecular flexibility index (Phi) is 1.21. The minimum atomic E-state index is -1.76. The van der Waals surface area contributed by atoms with Crippen LogP contribution >= 0.6 is 0 Å². The highest BCUT2D eigenvalue weighted by atomic mass is 16.6. The van der Waals surface area contributed by atoms with Gasteiger partial charge >= 0.3 is 0 Å². The lowest BCUT2D eigenvalue weighted by atomic mass is 10.0. The summed E-state index contributed by atoms with van der Waals surface area (Å²) in [6.45, 7) is 3.56. The molecule has 3 heteroatoms. The number of rotatable bonds is 1. The summed E-state index contributed by atoms with van der Waals surface area (Å²) < 4.78 is 5.12. The molecule has 2 heterocycles. The molecule has 0 aromatic heterocycles. The average molecular weight is 164 g/mol. The highest BCUT2D eigenvalue weighted by Gasteiger charge is 2.48. The van der Waals surface area contributed by atoms with Gasteiger partial charge in [0, 0.05) is 0 Å². The Labute approximate surface area is 69.6 Å². The Morgan fingerprint density at radius 2 is 2.25 bits per heavy atom. The topological polar surface area (TPSA) is 46.5 Å². The fraction of sp³-hybridized carbons (Fsp3) is 0.222. The van der Waals surface area contributed by atoms with E-state index in [9.17, 15) is 9.90 Å². The molecule has 2 rings (SSSR count). The second kappa shape index (κ2) is 1.94. The fourth-order valence-electron chi connectivity index (χ4n) is 1.31. The molecule has 2 bridgehead atoms. The molecule has 0 radical (unpaired) electrons. The van der Waals surface area contributed by atoms with Crippen LogP contribution in [-0.4, -0.2) is 22.3 Å². The number of hydrogen-bond donors (Lipinski definition) is 1. The van der Waals surface area contributed by atoms with E-state index < -0.39 is 17.2 Å². The van der Waals surface area contributed by atoms with Crippen LogP contribution in [0.15, 0.2) is 37.0 Å². The molecule has 0 saturated carbocycles. The largest absolute Gasteiger partial charge is 0.356 e. The number of hydrogen-bond acceptors (Lipinski definition) is 3. The molecular formula is C9H8O3. The number of carbonyl (C=O) groups is 1. The van der Waals surface area contributed by atoms with Crippen LogP contribution in [-0.2, 0) is 9.53 Å². The number of aliphatic hydroxyl groups is 1. The minimum absolute atomic E-state index is 0.450. The molecule has 3 nitrogen and oxygen atoms in total. The predicted octanol–water partition coefficient (Wildman–Crippen LogP) is 0.325. The second-order valence-electron chi connectivity index (χ2n) is 2.89. The predicted molar refractivity (Wildman–Crippen MR) is 42.2 cm³/mol. The quantitative estimate of drug-likeness (QED) is 0.568. The third-order valence-corrected chi connectivity index (χ3v) is 2.07. The van der Waals surface area contributed by atoms with E-state index in [4.69, 9.17) is 4.74 Å². The SMILES string of the molecule is C=CC12C=CC(=O)C(O)(C=C1)O2. The van der Waals surface area contributed by atoms with E-state index in [0.29, 0.717) is 0 Å². The van der Waals surface area contributed by atoms with Crippen LogP contribution in [0.3, 0.4) is 0 Å². The van der Waals surface area contributed by atoms with E-state index in [1.54, 1.807) is 12.2 Å². The van der Waals surface area contributed by atoms with Crippen molar-refractivity contribution in [3.63, 3.8) is 0 Å². The summed E-state index contributed by atoms with van der Waals surface area (Å²) in [6, 6.07) is 0. The molecule has 2 atom stereocenters. The molecule has 2 aliphatic heterocycles. The smallest absolute Gasteiger partial charge is 0.252 e. The highest BCUT2D eigenvalue weighted by molar-refractivity contribution is 5.99. The Balaban J connectivity index is 2.52. The van der Waals surface area contributed by atoms with Crippen molar-refractivity contribution < 1.29 is 14.6 Å². The van der Waals surface area contributed by atoms with Crippen molar-refractivity contribution in [2.24, 2.45) is 0 Å². The molecule has 0 aromatic rings. The van der Waals surface area contributed by atoms with Crippen molar-refractivity contribution >= 4 is 5.78 Å². The van der Waals surface area contributed by atoms with Gasteiger partial charge in [-0.2, -0.15) is 0 Å². The molecule has 62 valence electrons. The molecule has 1 N–H and O–H groups in total. The van der Waals surface area contributed by atoms with Crippen LogP contribution in [0.25, 0.3) is 0 Å². The van der Waals surface area contributed by atoms with Crippen LogP contribution in [0.4, 0.5) is 0 Å². The molecule has 0 saturated heterocycles. The van der Waals surface area contributed by atoms with Gasteiger partial charge in [-0.15, -0.1) is 0 Å². The summed E-state index contributed by atoms with van der Waals surface area (Å²) in [5.74, 6) is -2.21. The third-order valence-electron chi connectivity index (χ3n) is 2.07. The van der Waals surface area contributed by atoms with Gasteiger partial charge in [0.1, 0.15) is 5.60 Å². The van der Waals surface area contributed by atoms with E-state index >= 15 is 0 Å². The molecular weight excluding hydrogens is 156 g/mol. The Hall–Kier alpha value is -1.19. The van der Waals surface area contributed by atoms with Crippen molar-refractivity contribution in [1.29, 1.82) is 0 Å². The lowest BCUT2D eigenvalue weighted by molar-refractivity contribution is -0.191. The summed E-state index contributed by atoms with van der Waals surface area (Å²) in [5, 5.41) is 9.53. The van der Waals surface area contributed by atoms with Gasteiger partial charge < -0.3 is 9.84 Å². The normalized spacial score (nSPS) is 43.6. The van der Waals surface area contributed by atoms with Gasteiger partial charge in [0.05, 0.1) is 0 Å². The highest BCUT2D eigenvalue weighted by Crippen LogP contribution is 2.36. The van der Waals surface area contributed by atoms with Crippen molar-refractivity contribution in [3.05, 3.63) is 37.0 Å². The Bertz CT molecular complexity index is 316. The molecule has 12 heavy (non-hydrogen) atoms. The summed E-state index contributed by atoms with van der Waals surface area (Å²) in [5.41, 5.74) is -0.789. The maximum Gasteiger partial charge on any atom is 0.252 e. The lowest BCUT2D eigenvalue weighted by Crippen LogP contribution is -2.43. The monoisotopic (exact) mass is 164 g/mol. The van der Waals surface area contributed by atoms with Gasteiger partial charge in [-0.25, -0.2) is 0 Å². The summed E-state index contributed by atoms with van der Waals surface area (Å²) in [7, 11) is 0. The van der Waals surface area contributed by atoms with E-state index in [-0.39, 0.29) is 0 Å². The van der Waals surface area contributed by atoms with Gasteiger partial charge in [0.15, 0.2) is 0 Å². The molecule has 0 aliphatic carbocycles. The molecule has 0 fully saturated rings. The number of carbonyl (C=O) groups excluding carboxylic acids is 1. The van der Waals surface area contributed by atoms with E-state index in [1.165, 1.54) is 18.2 Å². The maximum absolute atomic E-state index is 11.1. The number of ketones is 1. The van der Waals surface area contributed by atoms with Crippen LogP contribution in [0.2, 0.25) is 0 Å². The summed E-state index contributed by atoms with van der Waals surface area (Å²) in [6.07, 6.45) is 7.37. The first-order valence-electron chi connectivity index (χ1n) is 3.60. The molecule has 2 unspecified atom stereocenters. The first kappa shape index (κ1) is 7.46. The van der Waals surface area contributed by atoms with Crippen molar-refractivity contribution in [1.82, 2.24) is 0 Å². The molecule has 0 aromatic carbocycles. The molecule has 0 spiro atoms. The van der Waals surface area contributed by atoms with E-state index in [2.05, 4.69) is 6.58 Å². The van der Waals surface area contributed by atoms with Crippen molar-refractivity contribution in [2.45, 2.75) is 11.4 Å².